The summed E-state index contributed by atoms with van der Waals surface area (Å²) < 4.78 is 71.6. The summed E-state index contributed by atoms with van der Waals surface area (Å²) in [5, 5.41) is 9.57. The number of carbonyl (C=O) groups excluding carboxylic acids is 1. The number of alkyl halides is 3. The number of carbonyl (C=O) groups is 2. The predicted octanol–water partition coefficient (Wildman–Crippen LogP) is 5.54. The van der Waals surface area contributed by atoms with E-state index in [4.69, 9.17) is 9.90 Å². The molecule has 2 aromatic carbocycles. The molecular formula is C23H16F6N2O3. The number of benzene rings is 2. The van der Waals surface area contributed by atoms with Crippen LogP contribution in [0.25, 0.3) is 11.3 Å². The summed E-state index contributed by atoms with van der Waals surface area (Å²) in [7, 11) is 0. The first-order valence-electron chi connectivity index (χ1n) is 9.74. The van der Waals surface area contributed by atoms with Crippen molar-refractivity contribution in [2.24, 2.45) is 5.92 Å². The second-order valence-electron chi connectivity index (χ2n) is 7.33. The molecule has 1 aliphatic carbocycles. The molecule has 34 heavy (non-hydrogen) atoms. The number of amides is 1. The number of carboxylic acid groups (broad SMARTS) is 1. The number of nitrogens with one attached hydrogen (secondary N) is 1. The normalized spacial score (nSPS) is 16.8. The molecule has 4 rings (SSSR count). The van der Waals surface area contributed by atoms with Crippen molar-refractivity contribution < 1.29 is 41.0 Å². The molecule has 1 amide bonds. The highest BCUT2D eigenvalue weighted by Gasteiger charge is 2.44. The number of aliphatic carboxylic acids is 1. The lowest BCUT2D eigenvalue weighted by molar-refractivity contribution is -0.192. The molecule has 178 valence electrons. The number of nitrogens with zero attached hydrogens (tertiary/aromatic N) is 1. The lowest BCUT2D eigenvalue weighted by atomic mass is 10.1. The van der Waals surface area contributed by atoms with Crippen molar-refractivity contribution in [2.75, 3.05) is 5.32 Å². The molecule has 2 atom stereocenters. The lowest BCUT2D eigenvalue weighted by Crippen LogP contribution is -2.21. The summed E-state index contributed by atoms with van der Waals surface area (Å²) in [6.07, 6.45) is -2.76. The van der Waals surface area contributed by atoms with Crippen LogP contribution in [0.4, 0.5) is 32.0 Å². The second-order valence-corrected chi connectivity index (χ2v) is 7.33. The van der Waals surface area contributed by atoms with E-state index in [9.17, 15) is 31.1 Å². The van der Waals surface area contributed by atoms with Crippen LogP contribution in [0.3, 0.4) is 0 Å². The van der Waals surface area contributed by atoms with E-state index in [1.807, 2.05) is 12.1 Å². The van der Waals surface area contributed by atoms with Gasteiger partial charge in [-0.1, -0.05) is 12.1 Å². The Morgan fingerprint density at radius 3 is 2.18 bits per heavy atom. The third-order valence-electron chi connectivity index (χ3n) is 4.93. The van der Waals surface area contributed by atoms with E-state index in [0.29, 0.717) is 12.1 Å². The summed E-state index contributed by atoms with van der Waals surface area (Å²) in [6, 6.07) is 13.4. The fourth-order valence-corrected chi connectivity index (χ4v) is 3.09. The lowest BCUT2D eigenvalue weighted by Gasteiger charge is -2.07. The van der Waals surface area contributed by atoms with Crippen LogP contribution in [0.15, 0.2) is 60.8 Å². The summed E-state index contributed by atoms with van der Waals surface area (Å²) in [5.74, 6) is -5.77. The molecule has 0 saturated heterocycles. The van der Waals surface area contributed by atoms with E-state index in [-0.39, 0.29) is 29.2 Å². The summed E-state index contributed by atoms with van der Waals surface area (Å²) in [6.45, 7) is 0. The number of aromatic nitrogens is 1. The van der Waals surface area contributed by atoms with Crippen molar-refractivity contribution in [1.82, 2.24) is 4.98 Å². The maximum absolute atomic E-state index is 13.7. The molecule has 3 aromatic rings. The molecule has 1 aromatic heterocycles. The number of hydrogen-bond donors (Lipinski definition) is 2. The van der Waals surface area contributed by atoms with E-state index in [0.717, 1.165) is 17.2 Å². The topological polar surface area (TPSA) is 79.3 Å². The highest BCUT2D eigenvalue weighted by Crippen LogP contribution is 2.48. The zero-order chi connectivity index (χ0) is 25.0. The predicted molar refractivity (Wildman–Crippen MR) is 109 cm³/mol. The molecule has 1 aliphatic rings. The van der Waals surface area contributed by atoms with E-state index in [1.54, 1.807) is 18.3 Å². The van der Waals surface area contributed by atoms with Gasteiger partial charge in [-0.15, -0.1) is 0 Å². The average Bonchev–Trinajstić information content (AvgIpc) is 3.59. The zero-order valence-corrected chi connectivity index (χ0v) is 17.1. The first kappa shape index (κ1) is 24.7. The number of anilines is 1. The Bertz CT molecular complexity index is 1180. The van der Waals surface area contributed by atoms with Gasteiger partial charge < -0.3 is 10.4 Å². The van der Waals surface area contributed by atoms with Gasteiger partial charge in [-0.2, -0.15) is 13.2 Å². The van der Waals surface area contributed by atoms with Crippen molar-refractivity contribution in [3.63, 3.8) is 0 Å². The first-order chi connectivity index (χ1) is 16.0. The molecule has 0 bridgehead atoms. The number of carboxylic acids is 1. The molecule has 1 fully saturated rings. The van der Waals surface area contributed by atoms with E-state index >= 15 is 0 Å². The smallest absolute Gasteiger partial charge is 0.475 e. The zero-order valence-electron chi connectivity index (χ0n) is 17.1. The number of halogens is 6. The van der Waals surface area contributed by atoms with Gasteiger partial charge in [-0.05, 0) is 60.4 Å². The number of rotatable bonds is 4. The van der Waals surface area contributed by atoms with Crippen LogP contribution in [0, 0.1) is 23.4 Å². The molecule has 5 nitrogen and oxygen atoms in total. The number of pyridine rings is 1. The van der Waals surface area contributed by atoms with Crippen molar-refractivity contribution in [3.05, 3.63) is 83.8 Å². The number of hydrogen-bond acceptors (Lipinski definition) is 3. The van der Waals surface area contributed by atoms with Gasteiger partial charge in [0.05, 0.1) is 11.4 Å². The molecule has 11 heteroatoms. The Kier molecular flexibility index (Phi) is 7.23. The van der Waals surface area contributed by atoms with Gasteiger partial charge in [0.1, 0.15) is 5.82 Å². The van der Waals surface area contributed by atoms with Gasteiger partial charge in [0.2, 0.25) is 5.91 Å². The van der Waals surface area contributed by atoms with Gasteiger partial charge in [0, 0.05) is 17.7 Å². The SMILES string of the molecule is O=C(Nc1cccc(F)c1F)[C@@H]1C[C@H]1c1ccc(-c2ccc(F)cc2)nc1.O=C(O)C(F)(F)F. The summed E-state index contributed by atoms with van der Waals surface area (Å²) in [5.41, 5.74) is 2.26. The highest BCUT2D eigenvalue weighted by molar-refractivity contribution is 5.95. The minimum absolute atomic E-state index is 0.00334. The Balaban J connectivity index is 0.000000406. The van der Waals surface area contributed by atoms with Crippen LogP contribution in [-0.4, -0.2) is 28.1 Å². The molecule has 0 aliphatic heterocycles. The van der Waals surface area contributed by atoms with Crippen LogP contribution in [0.5, 0.6) is 0 Å². The molecule has 0 unspecified atom stereocenters. The third-order valence-corrected chi connectivity index (χ3v) is 4.93. The van der Waals surface area contributed by atoms with Crippen molar-refractivity contribution in [1.29, 1.82) is 0 Å². The maximum atomic E-state index is 13.7. The fourth-order valence-electron chi connectivity index (χ4n) is 3.09. The molecule has 1 saturated carbocycles. The molecule has 2 N–H and O–H groups in total. The Labute approximate surface area is 189 Å². The summed E-state index contributed by atoms with van der Waals surface area (Å²) >= 11 is 0. The van der Waals surface area contributed by atoms with E-state index in [1.165, 1.54) is 24.3 Å². The minimum atomic E-state index is -5.08. The molecule has 0 radical (unpaired) electrons. The average molecular weight is 482 g/mol. The highest BCUT2D eigenvalue weighted by atomic mass is 19.4. The molecule has 1 heterocycles. The van der Waals surface area contributed by atoms with Crippen LogP contribution in [-0.2, 0) is 9.59 Å². The van der Waals surface area contributed by atoms with Crippen molar-refractivity contribution in [3.8, 4) is 11.3 Å². The molecule has 0 spiro atoms. The van der Waals surface area contributed by atoms with E-state index < -0.39 is 23.8 Å². The monoisotopic (exact) mass is 482 g/mol. The Hall–Kier alpha value is -3.89. The van der Waals surface area contributed by atoms with Crippen molar-refractivity contribution in [2.45, 2.75) is 18.5 Å². The Morgan fingerprint density at radius 1 is 0.971 bits per heavy atom. The van der Waals surface area contributed by atoms with Crippen LogP contribution < -0.4 is 5.32 Å². The van der Waals surface area contributed by atoms with E-state index in [2.05, 4.69) is 10.3 Å². The van der Waals surface area contributed by atoms with Crippen LogP contribution >= 0.6 is 0 Å². The molecular weight excluding hydrogens is 466 g/mol. The van der Waals surface area contributed by atoms with Gasteiger partial charge in [0.15, 0.2) is 11.6 Å². The van der Waals surface area contributed by atoms with Gasteiger partial charge in [-0.3, -0.25) is 9.78 Å². The van der Waals surface area contributed by atoms with Gasteiger partial charge in [-0.25, -0.2) is 18.0 Å². The first-order valence-corrected chi connectivity index (χ1v) is 9.74. The van der Waals surface area contributed by atoms with Crippen LogP contribution in [0.1, 0.15) is 17.9 Å². The van der Waals surface area contributed by atoms with Gasteiger partial charge in [0.25, 0.3) is 0 Å². The Morgan fingerprint density at radius 2 is 1.62 bits per heavy atom. The quantitative estimate of drug-likeness (QED) is 0.479. The fraction of sp³-hybridized carbons (Fsp3) is 0.174. The maximum Gasteiger partial charge on any atom is 0.490 e. The third kappa shape index (κ3) is 6.12. The summed E-state index contributed by atoms with van der Waals surface area (Å²) in [4.78, 5) is 25.6. The standard InChI is InChI=1S/C21H15F3N2O.C2HF3O2/c22-14-7-4-12(5-8-14)18-9-6-13(11-25-18)15-10-16(15)21(27)26-19-3-1-2-17(23)20(19)24;3-2(4,5)1(6)7/h1-9,11,15-16H,10H2,(H,26,27);(H,6,7)/t15-,16+;/m0./s1. The van der Waals surface area contributed by atoms with Crippen molar-refractivity contribution >= 4 is 17.6 Å². The second kappa shape index (κ2) is 9.94. The van der Waals surface area contributed by atoms with Gasteiger partial charge >= 0.3 is 12.1 Å². The minimum Gasteiger partial charge on any atom is -0.475 e. The largest absolute Gasteiger partial charge is 0.490 e. The van der Waals surface area contributed by atoms with Crippen LogP contribution in [0.2, 0.25) is 0 Å².